The Bertz CT molecular complexity index is 1380. The van der Waals surface area contributed by atoms with Crippen LogP contribution < -0.4 is 5.32 Å². The van der Waals surface area contributed by atoms with Crippen LogP contribution in [-0.2, 0) is 12.6 Å². The predicted octanol–water partition coefficient (Wildman–Crippen LogP) is 6.32. The highest BCUT2D eigenvalue weighted by Crippen LogP contribution is 2.31. The summed E-state index contributed by atoms with van der Waals surface area (Å²) in [6.07, 6.45) is -0.603. The molecule has 43 heavy (non-hydrogen) atoms. The quantitative estimate of drug-likeness (QED) is 0.333. The van der Waals surface area contributed by atoms with Gasteiger partial charge in [0.15, 0.2) is 0 Å². The minimum Gasteiger partial charge on any atom is -0.347 e. The highest BCUT2D eigenvalue weighted by Gasteiger charge is 2.38. The number of carbonyl (C=O) groups excluding carboxylic acids is 2. The van der Waals surface area contributed by atoms with Gasteiger partial charge >= 0.3 is 12.2 Å². The molecule has 5 rings (SSSR count). The number of rotatable bonds is 8. The molecule has 6 nitrogen and oxygen atoms in total. The Morgan fingerprint density at radius 3 is 2.21 bits per heavy atom. The van der Waals surface area contributed by atoms with Crippen LogP contribution in [0.3, 0.4) is 0 Å². The fraction of sp³-hybridized carbons (Fsp3) is 0.412. The summed E-state index contributed by atoms with van der Waals surface area (Å²) in [4.78, 5) is 32.7. The van der Waals surface area contributed by atoms with Crippen molar-refractivity contribution in [2.75, 3.05) is 33.2 Å². The zero-order chi connectivity index (χ0) is 30.6. The second-order valence-electron chi connectivity index (χ2n) is 11.7. The maximum atomic E-state index is 13.5. The van der Waals surface area contributed by atoms with Crippen LogP contribution in [0.25, 0.3) is 11.1 Å². The third-order valence-electron chi connectivity index (χ3n) is 8.89. The van der Waals surface area contributed by atoms with Crippen molar-refractivity contribution in [1.29, 1.82) is 0 Å². The molecule has 3 aromatic rings. The first-order chi connectivity index (χ1) is 20.6. The molecule has 3 aromatic carbocycles. The maximum absolute atomic E-state index is 13.5. The van der Waals surface area contributed by atoms with Crippen LogP contribution in [0, 0.1) is 0 Å². The summed E-state index contributed by atoms with van der Waals surface area (Å²) < 4.78 is 38.6. The van der Waals surface area contributed by atoms with Gasteiger partial charge < -0.3 is 20.0 Å². The van der Waals surface area contributed by atoms with Gasteiger partial charge in [0, 0.05) is 38.3 Å². The van der Waals surface area contributed by atoms with E-state index in [4.69, 9.17) is 0 Å². The van der Waals surface area contributed by atoms with Crippen LogP contribution in [0.1, 0.15) is 47.7 Å². The van der Waals surface area contributed by atoms with Gasteiger partial charge in [-0.15, -0.1) is 0 Å². The molecule has 0 saturated carbocycles. The fourth-order valence-electron chi connectivity index (χ4n) is 6.16. The first kappa shape index (κ1) is 30.6. The monoisotopic (exact) mass is 592 g/mol. The standard InChI is InChI=1S/C34H39F3N4O2/c1-24-31(38-32(42)28-12-10-26(11-13-28)27-14-16-29(17-15-27)34(35,36)37)19-22-41(24)33(43)39(2)30-18-21-40(23-30)20-6-9-25-7-4-3-5-8-25/h3-5,7-8,10-17,24,30-31H,6,9,18-23H2,1-2H3,(H,38,42)/t24?,30-,31?/m1/s1. The molecule has 2 heterocycles. The Morgan fingerprint density at radius 2 is 1.56 bits per heavy atom. The third-order valence-corrected chi connectivity index (χ3v) is 8.89. The van der Waals surface area contributed by atoms with E-state index in [1.165, 1.54) is 17.7 Å². The number of halogens is 3. The van der Waals surface area contributed by atoms with Gasteiger partial charge in [-0.25, -0.2) is 4.79 Å². The first-order valence-electron chi connectivity index (χ1n) is 15.0. The van der Waals surface area contributed by atoms with Gasteiger partial charge in [-0.3, -0.25) is 4.79 Å². The van der Waals surface area contributed by atoms with Crippen molar-refractivity contribution in [3.05, 3.63) is 95.6 Å². The summed E-state index contributed by atoms with van der Waals surface area (Å²) >= 11 is 0. The molecule has 228 valence electrons. The first-order valence-corrected chi connectivity index (χ1v) is 15.0. The number of carbonyl (C=O) groups is 2. The molecule has 2 saturated heterocycles. The summed E-state index contributed by atoms with van der Waals surface area (Å²) in [6.45, 7) is 5.44. The Morgan fingerprint density at radius 1 is 0.907 bits per heavy atom. The predicted molar refractivity (Wildman–Crippen MR) is 162 cm³/mol. The number of amides is 3. The summed E-state index contributed by atoms with van der Waals surface area (Å²) in [5.74, 6) is -0.236. The lowest BCUT2D eigenvalue weighted by Crippen LogP contribution is -2.51. The number of hydrogen-bond donors (Lipinski definition) is 1. The summed E-state index contributed by atoms with van der Waals surface area (Å²) in [6, 6.07) is 22.1. The summed E-state index contributed by atoms with van der Waals surface area (Å²) in [7, 11) is 1.89. The second kappa shape index (κ2) is 13.2. The van der Waals surface area contributed by atoms with Crippen LogP contribution in [0.5, 0.6) is 0 Å². The topological polar surface area (TPSA) is 55.9 Å². The number of hydrogen-bond acceptors (Lipinski definition) is 3. The van der Waals surface area contributed by atoms with Crippen molar-refractivity contribution >= 4 is 11.9 Å². The van der Waals surface area contributed by atoms with E-state index >= 15 is 0 Å². The van der Waals surface area contributed by atoms with Crippen molar-refractivity contribution in [3.8, 4) is 11.1 Å². The Kier molecular flexibility index (Phi) is 9.40. The number of nitrogens with zero attached hydrogens (tertiary/aromatic N) is 3. The molecule has 0 spiro atoms. The molecule has 1 N–H and O–H groups in total. The van der Waals surface area contributed by atoms with Gasteiger partial charge in [0.25, 0.3) is 5.91 Å². The molecule has 3 atom stereocenters. The number of likely N-dealkylation sites (tertiary alicyclic amines) is 2. The smallest absolute Gasteiger partial charge is 0.347 e. The van der Waals surface area contributed by atoms with Crippen molar-refractivity contribution in [2.24, 2.45) is 0 Å². The second-order valence-corrected chi connectivity index (χ2v) is 11.7. The lowest BCUT2D eigenvalue weighted by molar-refractivity contribution is -0.137. The average Bonchev–Trinajstić information content (AvgIpc) is 3.63. The Labute approximate surface area is 251 Å². The van der Waals surface area contributed by atoms with Crippen molar-refractivity contribution in [3.63, 3.8) is 0 Å². The van der Waals surface area contributed by atoms with E-state index in [0.29, 0.717) is 24.1 Å². The van der Waals surface area contributed by atoms with Gasteiger partial charge in [-0.2, -0.15) is 13.2 Å². The zero-order valence-electron chi connectivity index (χ0n) is 24.7. The fourth-order valence-corrected chi connectivity index (χ4v) is 6.16. The molecule has 0 radical (unpaired) electrons. The third kappa shape index (κ3) is 7.39. The summed E-state index contributed by atoms with van der Waals surface area (Å²) in [5.41, 5.74) is 2.48. The number of likely N-dealkylation sites (N-methyl/N-ethyl adjacent to an activating group) is 1. The van der Waals surface area contributed by atoms with Gasteiger partial charge in [0.05, 0.1) is 17.6 Å². The molecular weight excluding hydrogens is 553 g/mol. The van der Waals surface area contributed by atoms with Gasteiger partial charge in [-0.1, -0.05) is 54.6 Å². The van der Waals surface area contributed by atoms with Crippen LogP contribution in [0.4, 0.5) is 18.0 Å². The van der Waals surface area contributed by atoms with Crippen molar-refractivity contribution < 1.29 is 22.8 Å². The van der Waals surface area contributed by atoms with Gasteiger partial charge in [0.1, 0.15) is 0 Å². The van der Waals surface area contributed by atoms with E-state index in [2.05, 4.69) is 34.5 Å². The van der Waals surface area contributed by atoms with E-state index in [-0.39, 0.29) is 30.1 Å². The van der Waals surface area contributed by atoms with Crippen LogP contribution in [0.15, 0.2) is 78.9 Å². The highest BCUT2D eigenvalue weighted by atomic mass is 19.4. The number of alkyl halides is 3. The lowest BCUT2D eigenvalue weighted by atomic mass is 10.0. The molecule has 2 unspecified atom stereocenters. The van der Waals surface area contributed by atoms with E-state index < -0.39 is 11.7 Å². The number of benzene rings is 3. The number of urea groups is 1. The zero-order valence-corrected chi connectivity index (χ0v) is 24.7. The van der Waals surface area contributed by atoms with Crippen molar-refractivity contribution in [1.82, 2.24) is 20.0 Å². The Balaban J connectivity index is 1.09. The minimum absolute atomic E-state index is 0.00118. The lowest BCUT2D eigenvalue weighted by Gasteiger charge is -2.33. The minimum atomic E-state index is -4.38. The molecule has 2 aliphatic heterocycles. The summed E-state index contributed by atoms with van der Waals surface area (Å²) in [5, 5.41) is 3.08. The van der Waals surface area contributed by atoms with E-state index in [1.54, 1.807) is 24.3 Å². The molecule has 2 fully saturated rings. The van der Waals surface area contributed by atoms with Crippen LogP contribution in [-0.4, -0.2) is 78.0 Å². The molecule has 2 aliphatic rings. The molecular formula is C34H39F3N4O2. The van der Waals surface area contributed by atoms with Crippen LogP contribution in [0.2, 0.25) is 0 Å². The van der Waals surface area contributed by atoms with Gasteiger partial charge in [0.2, 0.25) is 0 Å². The molecule has 3 amide bonds. The van der Waals surface area contributed by atoms with Crippen LogP contribution >= 0.6 is 0 Å². The average molecular weight is 593 g/mol. The number of aryl methyl sites for hydroxylation is 1. The molecule has 0 aliphatic carbocycles. The normalized spacial score (nSPS) is 20.8. The number of nitrogens with one attached hydrogen (secondary N) is 1. The molecule has 0 bridgehead atoms. The van der Waals surface area contributed by atoms with Crippen molar-refractivity contribution in [2.45, 2.75) is 56.9 Å². The maximum Gasteiger partial charge on any atom is 0.416 e. The SMILES string of the molecule is CC1C(NC(=O)c2ccc(-c3ccc(C(F)(F)F)cc3)cc2)CCN1C(=O)N(C)[C@@H]1CCN(CCCc2ccccc2)C1. The Hall–Kier alpha value is -3.85. The van der Waals surface area contributed by atoms with Gasteiger partial charge in [-0.05, 0) is 80.1 Å². The highest BCUT2D eigenvalue weighted by molar-refractivity contribution is 5.95. The largest absolute Gasteiger partial charge is 0.416 e. The van der Waals surface area contributed by atoms with E-state index in [1.807, 2.05) is 29.8 Å². The molecule has 0 aromatic heterocycles. The molecule has 9 heteroatoms. The van der Waals surface area contributed by atoms with E-state index in [9.17, 15) is 22.8 Å². The van der Waals surface area contributed by atoms with E-state index in [0.717, 1.165) is 56.6 Å².